The van der Waals surface area contributed by atoms with Crippen molar-refractivity contribution >= 4 is 57.2 Å². The van der Waals surface area contributed by atoms with E-state index in [1.807, 2.05) is 34.4 Å². The molecule has 4 aromatic rings. The van der Waals surface area contributed by atoms with Crippen LogP contribution in [0.4, 0.5) is 16.6 Å². The number of nitrogen functional groups attached to an aromatic ring is 1. The van der Waals surface area contributed by atoms with Crippen LogP contribution in [0.1, 0.15) is 49.1 Å². The highest BCUT2D eigenvalue weighted by molar-refractivity contribution is 7.82. The van der Waals surface area contributed by atoms with Crippen molar-refractivity contribution in [2.24, 2.45) is 7.05 Å². The predicted molar refractivity (Wildman–Crippen MR) is 183 cm³/mol. The number of hydrogen-bond acceptors (Lipinski definition) is 8. The second kappa shape index (κ2) is 14.6. The summed E-state index contributed by atoms with van der Waals surface area (Å²) in [5.74, 6) is 1.06. The van der Waals surface area contributed by atoms with Gasteiger partial charge >= 0.3 is 6.03 Å². The lowest BCUT2D eigenvalue weighted by molar-refractivity contribution is -0.120. The summed E-state index contributed by atoms with van der Waals surface area (Å²) in [5.41, 5.74) is 8.63. The Balaban J connectivity index is 0.000000424. The number of fused-ring (bicyclic) bond motifs is 1. The van der Waals surface area contributed by atoms with Gasteiger partial charge in [0.1, 0.15) is 0 Å². The van der Waals surface area contributed by atoms with Crippen LogP contribution in [0.5, 0.6) is 0 Å². The van der Waals surface area contributed by atoms with E-state index in [0.29, 0.717) is 23.3 Å². The number of likely N-dealkylation sites (tertiary alicyclic amines) is 1. The number of anilines is 2. The van der Waals surface area contributed by atoms with Crippen molar-refractivity contribution in [3.63, 3.8) is 0 Å². The SMILES string of the molecule is Cn1nc(N2CCC(=O)NC2=O)c2ccc(C3CCN(Cc4cccc(S(=O)N5C=CCCC5)c4)CC3)cc21.Nc1ncc(Cl)cn1. The molecule has 3 N–H and O–H groups in total. The molecule has 14 heteroatoms. The molecule has 0 radical (unpaired) electrons. The van der Waals surface area contributed by atoms with E-state index in [2.05, 4.69) is 61.7 Å². The zero-order valence-electron chi connectivity index (χ0n) is 26.2. The predicted octanol–water partition coefficient (Wildman–Crippen LogP) is 4.74. The first-order chi connectivity index (χ1) is 22.7. The maximum absolute atomic E-state index is 13.0. The van der Waals surface area contributed by atoms with Gasteiger partial charge in [-0.3, -0.25) is 28.9 Å². The van der Waals surface area contributed by atoms with E-state index in [9.17, 15) is 13.8 Å². The van der Waals surface area contributed by atoms with Crippen LogP contribution in [-0.4, -0.2) is 71.3 Å². The third kappa shape index (κ3) is 7.80. The fourth-order valence-corrected chi connectivity index (χ4v) is 7.44. The number of carbonyl (C=O) groups excluding carboxylic acids is 2. The van der Waals surface area contributed by atoms with Gasteiger partial charge in [0.15, 0.2) is 16.8 Å². The minimum Gasteiger partial charge on any atom is -0.368 e. The van der Waals surface area contributed by atoms with Gasteiger partial charge in [0.25, 0.3) is 0 Å². The molecule has 2 aromatic heterocycles. The van der Waals surface area contributed by atoms with Crippen molar-refractivity contribution < 1.29 is 13.8 Å². The van der Waals surface area contributed by atoms with Crippen molar-refractivity contribution in [3.05, 3.63) is 83.3 Å². The molecule has 0 saturated carbocycles. The van der Waals surface area contributed by atoms with Crippen molar-refractivity contribution in [3.8, 4) is 0 Å². The van der Waals surface area contributed by atoms with Crippen molar-refractivity contribution in [1.82, 2.24) is 34.3 Å². The third-order valence-corrected chi connectivity index (χ3v) is 10.2. The number of rotatable bonds is 6. The summed E-state index contributed by atoms with van der Waals surface area (Å²) in [6.45, 7) is 4.04. The molecule has 246 valence electrons. The number of urea groups is 1. The summed E-state index contributed by atoms with van der Waals surface area (Å²) in [7, 11) is 0.743. The molecule has 2 saturated heterocycles. The fraction of sp³-hybridized carbons (Fsp3) is 0.364. The zero-order chi connectivity index (χ0) is 32.9. The summed E-state index contributed by atoms with van der Waals surface area (Å²) >= 11 is 5.43. The monoisotopic (exact) mass is 675 g/mol. The van der Waals surface area contributed by atoms with Gasteiger partial charge in [-0.2, -0.15) is 5.10 Å². The van der Waals surface area contributed by atoms with Gasteiger partial charge in [-0.15, -0.1) is 0 Å². The van der Waals surface area contributed by atoms with Crippen LogP contribution in [0.15, 0.2) is 72.0 Å². The molecule has 0 spiro atoms. The molecule has 1 unspecified atom stereocenters. The number of allylic oxidation sites excluding steroid dienone is 1. The molecule has 0 aliphatic carbocycles. The number of imide groups is 1. The topological polar surface area (TPSA) is 143 Å². The summed E-state index contributed by atoms with van der Waals surface area (Å²) in [4.78, 5) is 36.1. The number of nitrogens with zero attached hydrogens (tertiary/aromatic N) is 7. The first kappa shape index (κ1) is 32.6. The third-order valence-electron chi connectivity index (χ3n) is 8.61. The molecule has 2 fully saturated rings. The number of nitrogens with one attached hydrogen (secondary N) is 1. The lowest BCUT2D eigenvalue weighted by Crippen LogP contribution is -2.49. The van der Waals surface area contributed by atoms with Crippen LogP contribution < -0.4 is 16.0 Å². The average molecular weight is 676 g/mol. The van der Waals surface area contributed by atoms with E-state index < -0.39 is 17.0 Å². The molecule has 3 aliphatic rings. The minimum atomic E-state index is -1.15. The first-order valence-corrected chi connectivity index (χ1v) is 17.2. The number of aromatic nitrogens is 4. The molecule has 0 bridgehead atoms. The lowest BCUT2D eigenvalue weighted by Gasteiger charge is -2.32. The normalized spacial score (nSPS) is 18.2. The largest absolute Gasteiger partial charge is 0.368 e. The molecular weight excluding hydrogens is 638 g/mol. The highest BCUT2D eigenvalue weighted by atomic mass is 35.5. The molecule has 3 aliphatic heterocycles. The molecule has 3 amide bonds. The van der Waals surface area contributed by atoms with Crippen LogP contribution >= 0.6 is 11.6 Å². The zero-order valence-corrected chi connectivity index (χ0v) is 27.8. The molecule has 2 aromatic carbocycles. The maximum Gasteiger partial charge on any atom is 0.329 e. The molecule has 5 heterocycles. The Morgan fingerprint density at radius 2 is 1.83 bits per heavy atom. The Morgan fingerprint density at radius 1 is 1.04 bits per heavy atom. The molecular formula is C33H38ClN9O3S. The molecule has 7 rings (SSSR count). The standard InChI is InChI=1S/C29H34N6O3S.C4H4ClN3/c1-32-26-19-23(8-9-25(26)28(31-32)35-17-12-27(36)30-29(35)37)22-10-15-33(16-11-22)20-21-6-5-7-24(18-21)39(38)34-13-3-2-4-14-34;5-3-1-7-4(6)8-2-3/h3,5-9,13,18-19,22H,2,4,10-12,14-17,20H2,1H3,(H,30,36,37);1-2H,(H2,6,7,8). The smallest absolute Gasteiger partial charge is 0.329 e. The number of aryl methyl sites for hydroxylation is 1. The van der Waals surface area contributed by atoms with Gasteiger partial charge in [-0.05, 0) is 80.1 Å². The van der Waals surface area contributed by atoms with Gasteiger partial charge in [-0.1, -0.05) is 35.9 Å². The Bertz CT molecular complexity index is 1780. The van der Waals surface area contributed by atoms with Gasteiger partial charge in [0.05, 0.1) is 27.8 Å². The Morgan fingerprint density at radius 3 is 2.53 bits per heavy atom. The molecule has 1 atom stereocenters. The van der Waals surface area contributed by atoms with E-state index in [0.717, 1.165) is 67.7 Å². The maximum atomic E-state index is 13.0. The number of hydrogen-bond donors (Lipinski definition) is 2. The van der Waals surface area contributed by atoms with E-state index in [4.69, 9.17) is 17.3 Å². The van der Waals surface area contributed by atoms with Crippen molar-refractivity contribution in [2.45, 2.75) is 49.5 Å². The number of amides is 3. The summed E-state index contributed by atoms with van der Waals surface area (Å²) in [6.07, 6.45) is 11.5. The summed E-state index contributed by atoms with van der Waals surface area (Å²) in [6, 6.07) is 14.2. The quantitative estimate of drug-likeness (QED) is 0.298. The summed E-state index contributed by atoms with van der Waals surface area (Å²) < 4.78 is 16.8. The molecule has 12 nitrogen and oxygen atoms in total. The highest BCUT2D eigenvalue weighted by Gasteiger charge is 2.29. The Kier molecular flexibility index (Phi) is 10.1. The van der Waals surface area contributed by atoms with E-state index >= 15 is 0 Å². The second-order valence-electron chi connectivity index (χ2n) is 11.9. The summed E-state index contributed by atoms with van der Waals surface area (Å²) in [5, 5.41) is 8.42. The van der Waals surface area contributed by atoms with Gasteiger partial charge < -0.3 is 5.73 Å². The first-order valence-electron chi connectivity index (χ1n) is 15.7. The minimum absolute atomic E-state index is 0.245. The Labute approximate surface area is 281 Å². The van der Waals surface area contributed by atoms with Gasteiger partial charge in [0.2, 0.25) is 11.9 Å². The van der Waals surface area contributed by atoms with E-state index in [1.54, 1.807) is 4.90 Å². The fourth-order valence-electron chi connectivity index (χ4n) is 6.14. The Hall–Kier alpha value is -4.33. The van der Waals surface area contributed by atoms with Crippen LogP contribution in [0.2, 0.25) is 5.02 Å². The molecule has 47 heavy (non-hydrogen) atoms. The van der Waals surface area contributed by atoms with Crippen LogP contribution in [-0.2, 0) is 29.4 Å². The van der Waals surface area contributed by atoms with Crippen LogP contribution in [0.3, 0.4) is 0 Å². The van der Waals surface area contributed by atoms with Crippen LogP contribution in [0.25, 0.3) is 10.9 Å². The number of carbonyl (C=O) groups is 2. The average Bonchev–Trinajstić information content (AvgIpc) is 3.42. The number of nitrogens with two attached hydrogens (primary N) is 1. The highest BCUT2D eigenvalue weighted by Crippen LogP contribution is 2.34. The number of piperidine rings is 1. The lowest BCUT2D eigenvalue weighted by atomic mass is 9.89. The van der Waals surface area contributed by atoms with Gasteiger partial charge in [0, 0.05) is 44.7 Å². The van der Waals surface area contributed by atoms with Crippen LogP contribution in [0, 0.1) is 0 Å². The van der Waals surface area contributed by atoms with Crippen molar-refractivity contribution in [2.75, 3.05) is 36.8 Å². The number of halogens is 1. The second-order valence-corrected chi connectivity index (χ2v) is 13.7. The van der Waals surface area contributed by atoms with Gasteiger partial charge in [-0.25, -0.2) is 19.0 Å². The van der Waals surface area contributed by atoms with E-state index in [1.165, 1.54) is 23.5 Å². The number of benzene rings is 2. The van der Waals surface area contributed by atoms with Crippen molar-refractivity contribution in [1.29, 1.82) is 0 Å². The van der Waals surface area contributed by atoms with E-state index in [-0.39, 0.29) is 18.3 Å².